The van der Waals surface area contributed by atoms with Crippen LogP contribution in [-0.4, -0.2) is 30.8 Å². The molecule has 0 aromatic carbocycles. The summed E-state index contributed by atoms with van der Waals surface area (Å²) in [6, 6.07) is 0. The van der Waals surface area contributed by atoms with E-state index in [0.29, 0.717) is 5.95 Å². The molecule has 0 fully saturated rings. The van der Waals surface area contributed by atoms with Crippen LogP contribution in [0.2, 0.25) is 0 Å². The fourth-order valence-corrected chi connectivity index (χ4v) is 2.77. The highest BCUT2D eigenvalue weighted by molar-refractivity contribution is 7.99. The number of rotatable bonds is 6. The molecule has 2 aromatic heterocycles. The van der Waals surface area contributed by atoms with Crippen LogP contribution < -0.4 is 5.73 Å². The first-order valence-corrected chi connectivity index (χ1v) is 7.61. The van der Waals surface area contributed by atoms with Crippen LogP contribution in [0.4, 0.5) is 5.95 Å². The van der Waals surface area contributed by atoms with Crippen LogP contribution in [0.25, 0.3) is 11.2 Å². The molecule has 0 aliphatic carbocycles. The molecule has 0 bridgehead atoms. The lowest BCUT2D eigenvalue weighted by molar-refractivity contribution is 0.627. The van der Waals surface area contributed by atoms with Crippen molar-refractivity contribution >= 4 is 28.9 Å². The van der Waals surface area contributed by atoms with E-state index in [2.05, 4.69) is 28.5 Å². The van der Waals surface area contributed by atoms with Crippen LogP contribution >= 0.6 is 11.8 Å². The highest BCUT2D eigenvalue weighted by Crippen LogP contribution is 2.21. The van der Waals surface area contributed by atoms with Gasteiger partial charge in [0.1, 0.15) is 5.52 Å². The van der Waals surface area contributed by atoms with Gasteiger partial charge < -0.3 is 5.73 Å². The molecule has 6 heteroatoms. The molecule has 2 aromatic rings. The van der Waals surface area contributed by atoms with Crippen molar-refractivity contribution in [3.63, 3.8) is 0 Å². The topological polar surface area (TPSA) is 61.7 Å². The molecule has 2 rings (SSSR count). The lowest BCUT2D eigenvalue weighted by Crippen LogP contribution is -2.09. The highest BCUT2D eigenvalue weighted by atomic mass is 32.2. The van der Waals surface area contributed by atoms with Gasteiger partial charge in [-0.3, -0.25) is 4.57 Å². The SMILES string of the molecule is CCSCCCn1c(N)nc2c(C)nn(CC)c21. The number of imidazole rings is 1. The molecule has 0 aliphatic rings. The van der Waals surface area contributed by atoms with E-state index in [4.69, 9.17) is 5.73 Å². The Morgan fingerprint density at radius 2 is 2.11 bits per heavy atom. The van der Waals surface area contributed by atoms with Crippen molar-refractivity contribution < 1.29 is 0 Å². The van der Waals surface area contributed by atoms with Gasteiger partial charge in [-0.2, -0.15) is 16.9 Å². The second-order valence-corrected chi connectivity index (χ2v) is 5.64. The maximum Gasteiger partial charge on any atom is 0.202 e. The zero-order valence-corrected chi connectivity index (χ0v) is 12.1. The van der Waals surface area contributed by atoms with Gasteiger partial charge in [0.05, 0.1) is 5.69 Å². The van der Waals surface area contributed by atoms with Gasteiger partial charge in [-0.25, -0.2) is 9.67 Å². The first-order chi connectivity index (χ1) is 8.69. The van der Waals surface area contributed by atoms with Crippen molar-refractivity contribution in [2.75, 3.05) is 17.2 Å². The van der Waals surface area contributed by atoms with Gasteiger partial charge in [-0.05, 0) is 31.8 Å². The van der Waals surface area contributed by atoms with Crippen LogP contribution in [0.5, 0.6) is 0 Å². The van der Waals surface area contributed by atoms with Crippen molar-refractivity contribution in [3.8, 4) is 0 Å². The van der Waals surface area contributed by atoms with Gasteiger partial charge in [0.2, 0.25) is 5.95 Å². The molecule has 2 heterocycles. The van der Waals surface area contributed by atoms with Gasteiger partial charge >= 0.3 is 0 Å². The zero-order chi connectivity index (χ0) is 13.1. The molecule has 0 unspecified atom stereocenters. The van der Waals surface area contributed by atoms with E-state index in [9.17, 15) is 0 Å². The number of nitrogens with two attached hydrogens (primary N) is 1. The summed E-state index contributed by atoms with van der Waals surface area (Å²) in [6.45, 7) is 8.02. The zero-order valence-electron chi connectivity index (χ0n) is 11.3. The van der Waals surface area contributed by atoms with Crippen LogP contribution in [0, 0.1) is 6.92 Å². The summed E-state index contributed by atoms with van der Waals surface area (Å²) in [7, 11) is 0. The minimum atomic E-state index is 0.606. The Morgan fingerprint density at radius 1 is 1.33 bits per heavy atom. The lowest BCUT2D eigenvalue weighted by Gasteiger charge is -2.07. The standard InChI is InChI=1S/C12H21N5S/c1-4-17-11-10(9(3)15-17)14-12(13)16(11)7-6-8-18-5-2/h4-8H2,1-3H3,(H2,13,14). The number of anilines is 1. The molecule has 18 heavy (non-hydrogen) atoms. The van der Waals surface area contributed by atoms with Crippen molar-refractivity contribution in [1.29, 1.82) is 0 Å². The fourth-order valence-electron chi connectivity index (χ4n) is 2.15. The number of fused-ring (bicyclic) bond motifs is 1. The quantitative estimate of drug-likeness (QED) is 0.816. The Kier molecular flexibility index (Phi) is 4.16. The van der Waals surface area contributed by atoms with Crippen molar-refractivity contribution in [1.82, 2.24) is 19.3 Å². The average Bonchev–Trinajstić information content (AvgIpc) is 2.83. The molecule has 0 amide bonds. The van der Waals surface area contributed by atoms with E-state index in [1.807, 2.05) is 23.4 Å². The second kappa shape index (κ2) is 5.65. The number of nitrogens with zero attached hydrogens (tertiary/aromatic N) is 4. The van der Waals surface area contributed by atoms with Gasteiger partial charge in [0.15, 0.2) is 5.65 Å². The maximum atomic E-state index is 6.01. The van der Waals surface area contributed by atoms with E-state index in [0.717, 1.165) is 42.1 Å². The van der Waals surface area contributed by atoms with Gasteiger partial charge in [0, 0.05) is 13.1 Å². The van der Waals surface area contributed by atoms with Crippen LogP contribution in [0.1, 0.15) is 26.0 Å². The first kappa shape index (κ1) is 13.3. The van der Waals surface area contributed by atoms with E-state index in [1.165, 1.54) is 5.75 Å². The van der Waals surface area contributed by atoms with E-state index >= 15 is 0 Å². The third-order valence-electron chi connectivity index (χ3n) is 3.00. The van der Waals surface area contributed by atoms with E-state index < -0.39 is 0 Å². The smallest absolute Gasteiger partial charge is 0.202 e. The summed E-state index contributed by atoms with van der Waals surface area (Å²) in [6.07, 6.45) is 1.11. The predicted molar refractivity (Wildman–Crippen MR) is 78.0 cm³/mol. The Balaban J connectivity index is 2.27. The summed E-state index contributed by atoms with van der Waals surface area (Å²) >= 11 is 1.96. The number of aromatic nitrogens is 4. The lowest BCUT2D eigenvalue weighted by atomic mass is 10.4. The van der Waals surface area contributed by atoms with Crippen LogP contribution in [-0.2, 0) is 13.1 Å². The molecule has 0 atom stereocenters. The monoisotopic (exact) mass is 267 g/mol. The summed E-state index contributed by atoms with van der Waals surface area (Å²) < 4.78 is 4.08. The largest absolute Gasteiger partial charge is 0.369 e. The number of hydrogen-bond donors (Lipinski definition) is 1. The van der Waals surface area contributed by atoms with Crippen molar-refractivity contribution in [2.45, 2.75) is 40.3 Å². The molecule has 0 aliphatic heterocycles. The summed E-state index contributed by atoms with van der Waals surface area (Å²) in [4.78, 5) is 4.43. The first-order valence-electron chi connectivity index (χ1n) is 6.45. The predicted octanol–water partition coefficient (Wildman–Crippen LogP) is 2.29. The normalized spacial score (nSPS) is 11.5. The maximum absolute atomic E-state index is 6.01. The number of thioether (sulfide) groups is 1. The highest BCUT2D eigenvalue weighted by Gasteiger charge is 2.15. The average molecular weight is 267 g/mol. The number of hydrogen-bond acceptors (Lipinski definition) is 4. The summed E-state index contributed by atoms with van der Waals surface area (Å²) in [5.74, 6) is 2.93. The molecule has 0 spiro atoms. The Morgan fingerprint density at radius 3 is 2.78 bits per heavy atom. The Bertz CT molecular complexity index is 528. The minimum Gasteiger partial charge on any atom is -0.369 e. The number of aryl methyl sites for hydroxylation is 3. The number of nitrogen functional groups attached to an aromatic ring is 1. The summed E-state index contributed by atoms with van der Waals surface area (Å²) in [5, 5.41) is 4.49. The second-order valence-electron chi connectivity index (χ2n) is 4.25. The fraction of sp³-hybridized carbons (Fsp3) is 0.667. The molecular formula is C12H21N5S. The third kappa shape index (κ3) is 2.34. The third-order valence-corrected chi connectivity index (χ3v) is 3.99. The van der Waals surface area contributed by atoms with Crippen molar-refractivity contribution in [2.24, 2.45) is 0 Å². The van der Waals surface area contributed by atoms with Crippen molar-refractivity contribution in [3.05, 3.63) is 5.69 Å². The van der Waals surface area contributed by atoms with Crippen LogP contribution in [0.3, 0.4) is 0 Å². The molecular weight excluding hydrogens is 246 g/mol. The Hall–Kier alpha value is -1.17. The molecule has 2 N–H and O–H groups in total. The van der Waals surface area contributed by atoms with E-state index in [-0.39, 0.29) is 0 Å². The van der Waals surface area contributed by atoms with Crippen LogP contribution in [0.15, 0.2) is 0 Å². The molecule has 0 radical (unpaired) electrons. The molecule has 5 nitrogen and oxygen atoms in total. The minimum absolute atomic E-state index is 0.606. The van der Waals surface area contributed by atoms with Gasteiger partial charge in [-0.15, -0.1) is 0 Å². The molecule has 0 saturated heterocycles. The Labute approximate surface area is 112 Å². The van der Waals surface area contributed by atoms with Gasteiger partial charge in [0.25, 0.3) is 0 Å². The molecule has 100 valence electrons. The van der Waals surface area contributed by atoms with E-state index in [1.54, 1.807) is 0 Å². The molecule has 0 saturated carbocycles. The van der Waals surface area contributed by atoms with Gasteiger partial charge in [-0.1, -0.05) is 6.92 Å². The summed E-state index contributed by atoms with van der Waals surface area (Å²) in [5.41, 5.74) is 8.97.